The minimum absolute atomic E-state index is 0.575. The van der Waals surface area contributed by atoms with Crippen LogP contribution in [0.2, 0.25) is 0 Å². The summed E-state index contributed by atoms with van der Waals surface area (Å²) in [4.78, 5) is 0. The molecule has 1 aliphatic heterocycles. The zero-order valence-electron chi connectivity index (χ0n) is 6.04. The van der Waals surface area contributed by atoms with E-state index >= 15 is 0 Å². The molecule has 0 radical (unpaired) electrons. The van der Waals surface area contributed by atoms with Crippen LogP contribution in [0.15, 0.2) is 0 Å². The van der Waals surface area contributed by atoms with Crippen molar-refractivity contribution in [3.05, 3.63) is 0 Å². The van der Waals surface area contributed by atoms with Crippen molar-refractivity contribution in [2.45, 2.75) is 11.7 Å². The van der Waals surface area contributed by atoms with Crippen LogP contribution in [0.1, 0.15) is 6.42 Å². The Morgan fingerprint density at radius 2 is 2.00 bits per heavy atom. The van der Waals surface area contributed by atoms with Crippen LogP contribution in [0.25, 0.3) is 0 Å². The zero-order chi connectivity index (χ0) is 6.85. The molecule has 0 spiro atoms. The van der Waals surface area contributed by atoms with Gasteiger partial charge in [-0.3, -0.25) is 0 Å². The van der Waals surface area contributed by atoms with E-state index < -0.39 is 0 Å². The summed E-state index contributed by atoms with van der Waals surface area (Å²) < 4.78 is 0. The monoisotopic (exact) mass is 146 g/mol. The molecule has 3 heteroatoms. The van der Waals surface area contributed by atoms with Crippen LogP contribution >= 0.6 is 12.6 Å². The third-order valence-corrected chi connectivity index (χ3v) is 2.27. The lowest BCUT2D eigenvalue weighted by molar-refractivity contribution is 0.00207. The molecule has 0 aliphatic carbocycles. The van der Waals surface area contributed by atoms with Crippen LogP contribution in [0.4, 0.5) is 0 Å². The summed E-state index contributed by atoms with van der Waals surface area (Å²) in [5, 5.41) is 5.01. The Balaban J connectivity index is 2.35. The molecule has 1 heterocycles. The van der Waals surface area contributed by atoms with Crippen molar-refractivity contribution in [1.29, 1.82) is 0 Å². The summed E-state index contributed by atoms with van der Waals surface area (Å²) in [5.74, 6) is 0. The second-order valence-corrected chi connectivity index (χ2v) is 3.39. The van der Waals surface area contributed by atoms with Gasteiger partial charge in [-0.05, 0) is 6.42 Å². The summed E-state index contributed by atoms with van der Waals surface area (Å²) in [6.07, 6.45) is 1.21. The van der Waals surface area contributed by atoms with E-state index in [2.05, 4.69) is 36.7 Å². The van der Waals surface area contributed by atoms with Gasteiger partial charge in [0.25, 0.3) is 0 Å². The highest BCUT2D eigenvalue weighted by atomic mass is 32.1. The lowest BCUT2D eigenvalue weighted by atomic mass is 10.2. The molecule has 1 atom stereocenters. The van der Waals surface area contributed by atoms with Gasteiger partial charge in [-0.25, -0.2) is 10.0 Å². The average molecular weight is 146 g/mol. The fraction of sp³-hybridized carbons (Fsp3) is 1.00. The van der Waals surface area contributed by atoms with Crippen LogP contribution in [0.3, 0.4) is 0 Å². The Hall–Kier alpha value is 0.270. The maximum atomic E-state index is 4.39. The van der Waals surface area contributed by atoms with E-state index in [1.807, 2.05) is 0 Å². The molecule has 0 aromatic rings. The molecule has 0 bridgehead atoms. The van der Waals surface area contributed by atoms with Crippen LogP contribution in [-0.2, 0) is 0 Å². The van der Waals surface area contributed by atoms with E-state index in [1.54, 1.807) is 0 Å². The number of nitrogens with zero attached hydrogens (tertiary/aromatic N) is 2. The topological polar surface area (TPSA) is 6.48 Å². The number of hydrogen-bond acceptors (Lipinski definition) is 3. The van der Waals surface area contributed by atoms with E-state index in [-0.39, 0.29) is 0 Å². The van der Waals surface area contributed by atoms with Gasteiger partial charge >= 0.3 is 0 Å². The summed E-state index contributed by atoms with van der Waals surface area (Å²) in [6.45, 7) is 2.23. The molecule has 0 aromatic heterocycles. The van der Waals surface area contributed by atoms with E-state index in [0.29, 0.717) is 5.25 Å². The number of hydrazine groups is 1. The molecule has 1 saturated heterocycles. The summed E-state index contributed by atoms with van der Waals surface area (Å²) in [5.41, 5.74) is 0. The molecule has 2 nitrogen and oxygen atoms in total. The second kappa shape index (κ2) is 2.90. The molecule has 54 valence electrons. The first kappa shape index (κ1) is 7.38. The third-order valence-electron chi connectivity index (χ3n) is 1.84. The molecule has 1 unspecified atom stereocenters. The minimum Gasteiger partial charge on any atom is -0.245 e. The highest BCUT2D eigenvalue weighted by Crippen LogP contribution is 2.11. The summed E-state index contributed by atoms with van der Waals surface area (Å²) in [6, 6.07) is 0. The molecule has 0 saturated carbocycles. The van der Waals surface area contributed by atoms with Crippen LogP contribution < -0.4 is 0 Å². The standard InChI is InChI=1S/C6H14N2S/c1-7-4-3-6(9)5-8(7)2/h6,9H,3-5H2,1-2H3. The van der Waals surface area contributed by atoms with Crippen LogP contribution in [-0.4, -0.2) is 42.5 Å². The van der Waals surface area contributed by atoms with Gasteiger partial charge in [0, 0.05) is 32.4 Å². The average Bonchev–Trinajstić information content (AvgIpc) is 1.80. The van der Waals surface area contributed by atoms with Crippen molar-refractivity contribution in [3.8, 4) is 0 Å². The van der Waals surface area contributed by atoms with Crippen molar-refractivity contribution in [3.63, 3.8) is 0 Å². The molecule has 1 aliphatic rings. The molecule has 1 rings (SSSR count). The Kier molecular flexibility index (Phi) is 2.38. The van der Waals surface area contributed by atoms with Crippen molar-refractivity contribution in [2.24, 2.45) is 0 Å². The Morgan fingerprint density at radius 3 is 2.44 bits per heavy atom. The van der Waals surface area contributed by atoms with Gasteiger partial charge in [-0.15, -0.1) is 0 Å². The Labute approximate surface area is 62.2 Å². The second-order valence-electron chi connectivity index (χ2n) is 2.66. The lowest BCUT2D eigenvalue weighted by Crippen LogP contribution is -2.46. The number of rotatable bonds is 0. The number of hydrogen-bond donors (Lipinski definition) is 1. The lowest BCUT2D eigenvalue weighted by Gasteiger charge is -2.35. The first-order chi connectivity index (χ1) is 4.20. The molecule has 1 fully saturated rings. The van der Waals surface area contributed by atoms with E-state index in [4.69, 9.17) is 0 Å². The molecule has 0 N–H and O–H groups in total. The van der Waals surface area contributed by atoms with Crippen molar-refractivity contribution in [1.82, 2.24) is 10.0 Å². The van der Waals surface area contributed by atoms with Gasteiger partial charge in [0.05, 0.1) is 0 Å². The van der Waals surface area contributed by atoms with E-state index in [9.17, 15) is 0 Å². The first-order valence-electron chi connectivity index (χ1n) is 3.30. The molecule has 0 aromatic carbocycles. The predicted molar refractivity (Wildman–Crippen MR) is 42.7 cm³/mol. The van der Waals surface area contributed by atoms with Gasteiger partial charge in [0.1, 0.15) is 0 Å². The highest BCUT2D eigenvalue weighted by molar-refractivity contribution is 7.81. The van der Waals surface area contributed by atoms with Gasteiger partial charge < -0.3 is 0 Å². The van der Waals surface area contributed by atoms with Gasteiger partial charge in [-0.1, -0.05) is 0 Å². The van der Waals surface area contributed by atoms with Crippen LogP contribution in [0, 0.1) is 0 Å². The largest absolute Gasteiger partial charge is 0.245 e. The molecule has 0 amide bonds. The predicted octanol–water partition coefficient (Wildman–Crippen LogP) is 0.467. The van der Waals surface area contributed by atoms with E-state index in [1.165, 1.54) is 6.42 Å². The summed E-state index contributed by atoms with van der Waals surface area (Å²) >= 11 is 4.39. The molecular weight excluding hydrogens is 132 g/mol. The first-order valence-corrected chi connectivity index (χ1v) is 3.82. The minimum atomic E-state index is 0.575. The van der Waals surface area contributed by atoms with Crippen molar-refractivity contribution >= 4 is 12.6 Å². The normalized spacial score (nSPS) is 33.0. The smallest absolute Gasteiger partial charge is 0.0247 e. The fourth-order valence-electron chi connectivity index (χ4n) is 1.04. The van der Waals surface area contributed by atoms with E-state index in [0.717, 1.165) is 13.1 Å². The zero-order valence-corrected chi connectivity index (χ0v) is 6.93. The Morgan fingerprint density at radius 1 is 1.33 bits per heavy atom. The molecular formula is C6H14N2S. The maximum Gasteiger partial charge on any atom is 0.0247 e. The maximum absolute atomic E-state index is 4.39. The van der Waals surface area contributed by atoms with Crippen molar-refractivity contribution in [2.75, 3.05) is 27.2 Å². The number of thiol groups is 1. The van der Waals surface area contributed by atoms with Gasteiger partial charge in [0.2, 0.25) is 0 Å². The van der Waals surface area contributed by atoms with Gasteiger partial charge in [0.15, 0.2) is 0 Å². The summed E-state index contributed by atoms with van der Waals surface area (Å²) in [7, 11) is 4.21. The SMILES string of the molecule is CN1CCC(S)CN1C. The van der Waals surface area contributed by atoms with Crippen molar-refractivity contribution < 1.29 is 0 Å². The molecule has 9 heavy (non-hydrogen) atoms. The Bertz CT molecular complexity index is 97.1. The highest BCUT2D eigenvalue weighted by Gasteiger charge is 2.17. The third kappa shape index (κ3) is 1.85. The fourth-order valence-corrected chi connectivity index (χ4v) is 1.39. The van der Waals surface area contributed by atoms with Gasteiger partial charge in [-0.2, -0.15) is 12.6 Å². The van der Waals surface area contributed by atoms with Crippen LogP contribution in [0.5, 0.6) is 0 Å². The quantitative estimate of drug-likeness (QED) is 0.496.